The third-order valence-electron chi connectivity index (χ3n) is 4.85. The van der Waals surface area contributed by atoms with Crippen LogP contribution in [0.15, 0.2) is 36.4 Å². The molecule has 0 heterocycles. The molecule has 8 heteroatoms. The molecule has 0 aliphatic rings. The zero-order valence-electron chi connectivity index (χ0n) is 21.0. The molecule has 2 rings (SSSR count). The Bertz CT molecular complexity index is 1020. The maximum absolute atomic E-state index is 12.8. The van der Waals surface area contributed by atoms with Crippen molar-refractivity contribution >= 4 is 23.7 Å². The van der Waals surface area contributed by atoms with Crippen molar-refractivity contribution in [2.24, 2.45) is 0 Å². The van der Waals surface area contributed by atoms with Gasteiger partial charge in [-0.1, -0.05) is 29.8 Å². The van der Waals surface area contributed by atoms with Crippen LogP contribution >= 0.6 is 11.6 Å². The summed E-state index contributed by atoms with van der Waals surface area (Å²) in [6, 6.07) is 10.2. The molecule has 0 aliphatic carbocycles. The summed E-state index contributed by atoms with van der Waals surface area (Å²) in [6.07, 6.45) is -2.18. The summed E-state index contributed by atoms with van der Waals surface area (Å²) < 4.78 is 22.7. The molecule has 0 fully saturated rings. The molecule has 0 saturated carbocycles. The van der Waals surface area contributed by atoms with Gasteiger partial charge in [0.2, 0.25) is 0 Å². The van der Waals surface area contributed by atoms with Crippen LogP contribution < -0.4 is 14.8 Å². The lowest BCUT2D eigenvalue weighted by Gasteiger charge is -2.28. The first-order chi connectivity index (χ1) is 15.8. The van der Waals surface area contributed by atoms with E-state index in [1.54, 1.807) is 46.9 Å². The van der Waals surface area contributed by atoms with Crippen molar-refractivity contribution in [1.82, 2.24) is 5.32 Å². The Kier molecular flexibility index (Phi) is 9.21. The van der Waals surface area contributed by atoms with Gasteiger partial charge in [0.1, 0.15) is 29.2 Å². The van der Waals surface area contributed by atoms with Crippen LogP contribution in [0.4, 0.5) is 4.79 Å². The average molecular weight is 492 g/mol. The van der Waals surface area contributed by atoms with Gasteiger partial charge in [0.15, 0.2) is 6.10 Å². The van der Waals surface area contributed by atoms with Gasteiger partial charge in [0.05, 0.1) is 12.1 Å². The normalized spacial score (nSPS) is 13.9. The summed E-state index contributed by atoms with van der Waals surface area (Å²) >= 11 is 6.41. The molecule has 0 unspecified atom stereocenters. The van der Waals surface area contributed by atoms with Crippen LogP contribution in [0.3, 0.4) is 0 Å². The number of esters is 1. The van der Waals surface area contributed by atoms with E-state index in [4.69, 9.17) is 30.5 Å². The highest BCUT2D eigenvalue weighted by molar-refractivity contribution is 6.32. The van der Waals surface area contributed by atoms with Gasteiger partial charge in [-0.2, -0.15) is 0 Å². The number of halogens is 1. The van der Waals surface area contributed by atoms with Crippen molar-refractivity contribution in [3.05, 3.63) is 58.1 Å². The van der Waals surface area contributed by atoms with Crippen molar-refractivity contribution in [2.75, 3.05) is 7.11 Å². The first-order valence-electron chi connectivity index (χ1n) is 11.1. The molecule has 1 amide bonds. The number of alkyl carbamates (subject to hydrolysis) is 1. The van der Waals surface area contributed by atoms with Crippen molar-refractivity contribution in [2.45, 2.75) is 72.3 Å². The molecule has 7 nitrogen and oxygen atoms in total. The fourth-order valence-corrected chi connectivity index (χ4v) is 3.47. The molecule has 0 aromatic heterocycles. The van der Waals surface area contributed by atoms with Crippen LogP contribution in [-0.2, 0) is 14.3 Å². The molecule has 0 radical (unpaired) electrons. The summed E-state index contributed by atoms with van der Waals surface area (Å²) in [5.74, 6) is 0.409. The Hall–Kier alpha value is -2.93. The van der Waals surface area contributed by atoms with E-state index < -0.39 is 35.9 Å². The third kappa shape index (κ3) is 7.83. The minimum Gasteiger partial charge on any atom is -0.496 e. The predicted octanol–water partition coefficient (Wildman–Crippen LogP) is 5.93. The van der Waals surface area contributed by atoms with Crippen LogP contribution in [0.1, 0.15) is 57.4 Å². The Morgan fingerprint density at radius 1 is 0.971 bits per heavy atom. The van der Waals surface area contributed by atoms with Gasteiger partial charge in [-0.15, -0.1) is 0 Å². The summed E-state index contributed by atoms with van der Waals surface area (Å²) in [7, 11) is 1.57. The number of methoxy groups -OCH3 is 1. The molecule has 0 spiro atoms. The molecular formula is C26H34ClNO6. The van der Waals surface area contributed by atoms with Gasteiger partial charge >= 0.3 is 12.1 Å². The minimum absolute atomic E-state index is 0.439. The molecular weight excluding hydrogens is 458 g/mol. The average Bonchev–Trinajstić information content (AvgIpc) is 2.71. The number of carbonyl (C=O) groups excluding carboxylic acids is 2. The molecule has 3 atom stereocenters. The monoisotopic (exact) mass is 491 g/mol. The SMILES string of the molecule is COc1cc(C)ccc1[C@@H](Oc1ccc(C)cc1Cl)[C@H](C)OC(=O)[C@H](C)NC(=O)OC(C)(C)C. The first-order valence-corrected chi connectivity index (χ1v) is 11.5. The molecule has 34 heavy (non-hydrogen) atoms. The van der Waals surface area contributed by atoms with Crippen LogP contribution in [0.5, 0.6) is 11.5 Å². The summed E-state index contributed by atoms with van der Waals surface area (Å²) in [5, 5.41) is 2.93. The quantitative estimate of drug-likeness (QED) is 0.461. The highest BCUT2D eigenvalue weighted by atomic mass is 35.5. The lowest BCUT2D eigenvalue weighted by molar-refractivity contribution is -0.155. The second kappa shape index (κ2) is 11.5. The summed E-state index contributed by atoms with van der Waals surface area (Å²) in [5.41, 5.74) is 2.00. The maximum atomic E-state index is 12.8. The standard InChI is InChI=1S/C26H34ClNO6/c1-15-10-12-21(20(27)13-15)33-23(19-11-9-16(2)14-22(19)31-8)18(4)32-24(29)17(3)28-25(30)34-26(5,6)7/h9-14,17-18,23H,1-8H3,(H,28,30)/t17-,18-,23-/m0/s1. The second-order valence-electron chi connectivity index (χ2n) is 9.23. The van der Waals surface area contributed by atoms with E-state index in [1.807, 2.05) is 38.1 Å². The zero-order chi connectivity index (χ0) is 25.6. The summed E-state index contributed by atoms with van der Waals surface area (Å²) in [6.45, 7) is 12.3. The van der Waals surface area contributed by atoms with E-state index >= 15 is 0 Å². The van der Waals surface area contributed by atoms with Gasteiger partial charge in [0.25, 0.3) is 0 Å². The number of ether oxygens (including phenoxy) is 4. The van der Waals surface area contributed by atoms with Gasteiger partial charge < -0.3 is 24.3 Å². The van der Waals surface area contributed by atoms with Crippen LogP contribution in [0.2, 0.25) is 5.02 Å². The highest BCUT2D eigenvalue weighted by Gasteiger charge is 2.31. The molecule has 0 saturated heterocycles. The number of aryl methyl sites for hydroxylation is 2. The van der Waals surface area contributed by atoms with Crippen molar-refractivity contribution in [1.29, 1.82) is 0 Å². The van der Waals surface area contributed by atoms with E-state index in [9.17, 15) is 9.59 Å². The van der Waals surface area contributed by atoms with E-state index in [1.165, 1.54) is 6.92 Å². The molecule has 2 aromatic rings. The van der Waals surface area contributed by atoms with Crippen molar-refractivity contribution in [3.63, 3.8) is 0 Å². The van der Waals surface area contributed by atoms with Crippen LogP contribution in [0, 0.1) is 13.8 Å². The highest BCUT2D eigenvalue weighted by Crippen LogP contribution is 2.36. The van der Waals surface area contributed by atoms with Gasteiger partial charge in [0, 0.05) is 5.56 Å². The Balaban J connectivity index is 2.28. The molecule has 1 N–H and O–H groups in total. The van der Waals surface area contributed by atoms with E-state index in [0.717, 1.165) is 11.1 Å². The number of nitrogens with one attached hydrogen (secondary N) is 1. The van der Waals surface area contributed by atoms with E-state index in [2.05, 4.69) is 5.32 Å². The van der Waals surface area contributed by atoms with Gasteiger partial charge in [-0.25, -0.2) is 9.59 Å². The van der Waals surface area contributed by atoms with Gasteiger partial charge in [-0.05, 0) is 77.8 Å². The van der Waals surface area contributed by atoms with E-state index in [0.29, 0.717) is 22.1 Å². The number of hydrogen-bond acceptors (Lipinski definition) is 6. The first kappa shape index (κ1) is 27.3. The Morgan fingerprint density at radius 3 is 2.18 bits per heavy atom. The number of carbonyl (C=O) groups is 2. The Morgan fingerprint density at radius 2 is 1.59 bits per heavy atom. The Labute approximate surface area is 206 Å². The third-order valence-corrected chi connectivity index (χ3v) is 5.15. The zero-order valence-corrected chi connectivity index (χ0v) is 21.8. The maximum Gasteiger partial charge on any atom is 0.408 e. The number of amides is 1. The number of hydrogen-bond donors (Lipinski definition) is 1. The number of rotatable bonds is 8. The smallest absolute Gasteiger partial charge is 0.408 e. The van der Waals surface area contributed by atoms with Crippen molar-refractivity contribution in [3.8, 4) is 11.5 Å². The molecule has 2 aromatic carbocycles. The number of benzene rings is 2. The fraction of sp³-hybridized carbons (Fsp3) is 0.462. The van der Waals surface area contributed by atoms with Crippen LogP contribution in [-0.4, -0.2) is 36.9 Å². The van der Waals surface area contributed by atoms with Gasteiger partial charge in [-0.3, -0.25) is 0 Å². The lowest BCUT2D eigenvalue weighted by atomic mass is 10.0. The predicted molar refractivity (Wildman–Crippen MR) is 132 cm³/mol. The lowest BCUT2D eigenvalue weighted by Crippen LogP contribution is -2.43. The minimum atomic E-state index is -0.930. The second-order valence-corrected chi connectivity index (χ2v) is 9.63. The van der Waals surface area contributed by atoms with E-state index in [-0.39, 0.29) is 0 Å². The summed E-state index contributed by atoms with van der Waals surface area (Å²) in [4.78, 5) is 24.8. The molecule has 186 valence electrons. The van der Waals surface area contributed by atoms with Crippen LogP contribution in [0.25, 0.3) is 0 Å². The molecule has 0 bridgehead atoms. The molecule has 0 aliphatic heterocycles. The largest absolute Gasteiger partial charge is 0.496 e. The topological polar surface area (TPSA) is 83.1 Å². The fourth-order valence-electron chi connectivity index (χ4n) is 3.19. The van der Waals surface area contributed by atoms with Crippen molar-refractivity contribution < 1.29 is 28.5 Å².